The van der Waals surface area contributed by atoms with E-state index in [4.69, 9.17) is 9.40 Å². The van der Waals surface area contributed by atoms with E-state index in [1.165, 1.54) is 0 Å². The average molecular weight is 433 g/mol. The number of fused-ring (bicyclic) bond motifs is 1. The molecule has 1 N–H and O–H groups in total. The van der Waals surface area contributed by atoms with E-state index in [0.29, 0.717) is 35.9 Å². The molecule has 1 amide bonds. The SMILES string of the molecule is CCn1ncc(CN(C)C(=O)c2cc(-c3coc(CNC)n3)nc3ccc(C)cc23)c1C. The maximum absolute atomic E-state index is 13.6. The van der Waals surface area contributed by atoms with Crippen LogP contribution in [0.2, 0.25) is 0 Å². The topological polar surface area (TPSA) is 89.1 Å². The lowest BCUT2D eigenvalue weighted by molar-refractivity contribution is 0.0787. The lowest BCUT2D eigenvalue weighted by Gasteiger charge is -2.19. The zero-order valence-corrected chi connectivity index (χ0v) is 19.1. The van der Waals surface area contributed by atoms with Crippen molar-refractivity contribution in [2.24, 2.45) is 0 Å². The van der Waals surface area contributed by atoms with Crippen LogP contribution in [0.1, 0.15) is 40.0 Å². The molecule has 0 spiro atoms. The molecule has 0 radical (unpaired) electrons. The molecule has 4 rings (SSSR count). The molecule has 166 valence electrons. The fourth-order valence-corrected chi connectivity index (χ4v) is 3.80. The van der Waals surface area contributed by atoms with Crippen LogP contribution in [-0.2, 0) is 19.6 Å². The Morgan fingerprint density at radius 2 is 2.00 bits per heavy atom. The fraction of sp³-hybridized carbons (Fsp3) is 0.333. The van der Waals surface area contributed by atoms with Crippen molar-refractivity contribution in [1.29, 1.82) is 0 Å². The number of carbonyl (C=O) groups is 1. The number of amides is 1. The summed E-state index contributed by atoms with van der Waals surface area (Å²) < 4.78 is 7.46. The second-order valence-corrected chi connectivity index (χ2v) is 7.96. The minimum absolute atomic E-state index is 0.0770. The van der Waals surface area contributed by atoms with Gasteiger partial charge in [-0.2, -0.15) is 5.10 Å². The number of aryl methyl sites for hydroxylation is 2. The van der Waals surface area contributed by atoms with Gasteiger partial charge in [-0.05, 0) is 46.0 Å². The van der Waals surface area contributed by atoms with Crippen LogP contribution < -0.4 is 5.32 Å². The van der Waals surface area contributed by atoms with Crippen molar-refractivity contribution in [3.63, 3.8) is 0 Å². The third-order valence-corrected chi connectivity index (χ3v) is 5.60. The molecule has 0 aliphatic carbocycles. The second-order valence-electron chi connectivity index (χ2n) is 7.96. The van der Waals surface area contributed by atoms with Crippen LogP contribution in [0.4, 0.5) is 0 Å². The quantitative estimate of drug-likeness (QED) is 0.479. The molecule has 1 aromatic carbocycles. The molecular weight excluding hydrogens is 404 g/mol. The average Bonchev–Trinajstić information content (AvgIpc) is 3.39. The number of pyridine rings is 1. The summed E-state index contributed by atoms with van der Waals surface area (Å²) in [6.07, 6.45) is 3.41. The lowest BCUT2D eigenvalue weighted by atomic mass is 10.0. The van der Waals surface area contributed by atoms with Crippen LogP contribution in [0.15, 0.2) is 41.1 Å². The molecular formula is C24H28N6O2. The van der Waals surface area contributed by atoms with Gasteiger partial charge in [-0.25, -0.2) is 9.97 Å². The summed E-state index contributed by atoms with van der Waals surface area (Å²) in [5.41, 5.74) is 5.73. The highest BCUT2D eigenvalue weighted by molar-refractivity contribution is 6.07. The minimum Gasteiger partial charge on any atom is -0.447 e. The normalized spacial score (nSPS) is 11.3. The zero-order chi connectivity index (χ0) is 22.8. The van der Waals surface area contributed by atoms with E-state index < -0.39 is 0 Å². The Balaban J connectivity index is 1.74. The molecule has 3 heterocycles. The number of rotatable bonds is 7. The molecule has 8 heteroatoms. The summed E-state index contributed by atoms with van der Waals surface area (Å²) in [6, 6.07) is 7.75. The molecule has 0 atom stereocenters. The molecule has 0 aliphatic heterocycles. The van der Waals surface area contributed by atoms with Crippen LogP contribution in [0.5, 0.6) is 0 Å². The monoisotopic (exact) mass is 432 g/mol. The van der Waals surface area contributed by atoms with E-state index in [0.717, 1.165) is 34.3 Å². The third kappa shape index (κ3) is 4.13. The van der Waals surface area contributed by atoms with Gasteiger partial charge in [0.25, 0.3) is 5.91 Å². The van der Waals surface area contributed by atoms with Crippen molar-refractivity contribution in [2.75, 3.05) is 14.1 Å². The highest BCUT2D eigenvalue weighted by atomic mass is 16.3. The predicted octanol–water partition coefficient (Wildman–Crippen LogP) is 3.71. The van der Waals surface area contributed by atoms with Crippen LogP contribution in [0, 0.1) is 13.8 Å². The number of carbonyl (C=O) groups excluding carboxylic acids is 1. The Morgan fingerprint density at radius 3 is 2.72 bits per heavy atom. The van der Waals surface area contributed by atoms with Crippen molar-refractivity contribution in [3.05, 3.63) is 65.0 Å². The number of hydrogen-bond donors (Lipinski definition) is 1. The van der Waals surface area contributed by atoms with Crippen LogP contribution in [0.25, 0.3) is 22.3 Å². The molecule has 0 saturated heterocycles. The summed E-state index contributed by atoms with van der Waals surface area (Å²) >= 11 is 0. The predicted molar refractivity (Wildman–Crippen MR) is 123 cm³/mol. The summed E-state index contributed by atoms with van der Waals surface area (Å²) in [5.74, 6) is 0.494. The molecule has 0 aliphatic rings. The summed E-state index contributed by atoms with van der Waals surface area (Å²) in [7, 11) is 3.65. The van der Waals surface area contributed by atoms with Crippen molar-refractivity contribution >= 4 is 16.8 Å². The van der Waals surface area contributed by atoms with Gasteiger partial charge in [-0.15, -0.1) is 0 Å². The zero-order valence-electron chi connectivity index (χ0n) is 19.1. The van der Waals surface area contributed by atoms with Crippen molar-refractivity contribution in [3.8, 4) is 11.4 Å². The molecule has 0 bridgehead atoms. The second kappa shape index (κ2) is 8.92. The Labute approximate surface area is 187 Å². The largest absolute Gasteiger partial charge is 0.447 e. The van der Waals surface area contributed by atoms with Gasteiger partial charge < -0.3 is 14.6 Å². The maximum atomic E-state index is 13.6. The first-order valence-corrected chi connectivity index (χ1v) is 10.7. The van der Waals surface area contributed by atoms with Gasteiger partial charge in [-0.3, -0.25) is 9.48 Å². The highest BCUT2D eigenvalue weighted by Gasteiger charge is 2.20. The van der Waals surface area contributed by atoms with Crippen molar-refractivity contribution < 1.29 is 9.21 Å². The number of aromatic nitrogens is 4. The fourth-order valence-electron chi connectivity index (χ4n) is 3.80. The van der Waals surface area contributed by atoms with Gasteiger partial charge >= 0.3 is 0 Å². The molecule has 0 unspecified atom stereocenters. The molecule has 8 nitrogen and oxygen atoms in total. The first-order valence-electron chi connectivity index (χ1n) is 10.7. The van der Waals surface area contributed by atoms with E-state index in [1.807, 2.05) is 63.1 Å². The van der Waals surface area contributed by atoms with Crippen LogP contribution in [-0.4, -0.2) is 44.7 Å². The van der Waals surface area contributed by atoms with E-state index in [-0.39, 0.29) is 5.91 Å². The highest BCUT2D eigenvalue weighted by Crippen LogP contribution is 2.27. The van der Waals surface area contributed by atoms with E-state index >= 15 is 0 Å². The molecule has 32 heavy (non-hydrogen) atoms. The Morgan fingerprint density at radius 1 is 1.19 bits per heavy atom. The molecule has 0 fully saturated rings. The number of benzene rings is 1. The summed E-state index contributed by atoms with van der Waals surface area (Å²) in [4.78, 5) is 24.5. The summed E-state index contributed by atoms with van der Waals surface area (Å²) in [5, 5.41) is 8.24. The van der Waals surface area contributed by atoms with Gasteiger partial charge in [0.05, 0.1) is 29.5 Å². The molecule has 3 aromatic heterocycles. The van der Waals surface area contributed by atoms with Gasteiger partial charge in [0.15, 0.2) is 0 Å². The van der Waals surface area contributed by atoms with Crippen molar-refractivity contribution in [2.45, 2.75) is 40.4 Å². The van der Waals surface area contributed by atoms with Gasteiger partial charge in [0.1, 0.15) is 12.0 Å². The first kappa shape index (κ1) is 21.7. The van der Waals surface area contributed by atoms with Crippen molar-refractivity contribution in [1.82, 2.24) is 30.0 Å². The maximum Gasteiger partial charge on any atom is 0.254 e. The van der Waals surface area contributed by atoms with Crippen LogP contribution >= 0.6 is 0 Å². The number of oxazole rings is 1. The van der Waals surface area contributed by atoms with E-state index in [9.17, 15) is 4.79 Å². The molecule has 0 saturated carbocycles. The van der Waals surface area contributed by atoms with E-state index in [2.05, 4.69) is 22.3 Å². The van der Waals surface area contributed by atoms with Crippen LogP contribution in [0.3, 0.4) is 0 Å². The lowest BCUT2D eigenvalue weighted by Crippen LogP contribution is -2.27. The number of nitrogens with zero attached hydrogens (tertiary/aromatic N) is 5. The number of nitrogens with one attached hydrogen (secondary N) is 1. The van der Waals surface area contributed by atoms with E-state index in [1.54, 1.807) is 11.2 Å². The Kier molecular flexibility index (Phi) is 6.05. The summed E-state index contributed by atoms with van der Waals surface area (Å²) in [6.45, 7) is 7.89. The Hall–Kier alpha value is -3.52. The van der Waals surface area contributed by atoms with Gasteiger partial charge in [0.2, 0.25) is 5.89 Å². The first-order chi connectivity index (χ1) is 15.4. The standard InChI is InChI=1S/C24H28N6O2/c1-6-30-16(3)17(11-26-30)13-29(5)24(31)19-10-21(22-14-32-23(28-22)12-25-4)27-20-8-7-15(2)9-18(19)20/h7-11,14,25H,6,12-13H2,1-5H3. The minimum atomic E-state index is -0.0770. The number of hydrogen-bond acceptors (Lipinski definition) is 6. The Bertz CT molecular complexity index is 1270. The van der Waals surface area contributed by atoms with Gasteiger partial charge in [0, 0.05) is 36.8 Å². The smallest absolute Gasteiger partial charge is 0.254 e. The van der Waals surface area contributed by atoms with Gasteiger partial charge in [-0.1, -0.05) is 11.6 Å². The third-order valence-electron chi connectivity index (χ3n) is 5.60. The molecule has 4 aromatic rings.